The second-order valence-corrected chi connectivity index (χ2v) is 15.4. The maximum atomic E-state index is 5.01. The largest absolute Gasteiger partial charge is 0.309 e. The van der Waals surface area contributed by atoms with Crippen molar-refractivity contribution in [2.45, 2.75) is 0 Å². The van der Waals surface area contributed by atoms with Crippen molar-refractivity contribution in [1.82, 2.24) is 24.1 Å². The van der Waals surface area contributed by atoms with Crippen LogP contribution in [0, 0.1) is 0 Å². The molecule has 0 unspecified atom stereocenters. The number of benzene rings is 8. The molecule has 0 aliphatic heterocycles. The van der Waals surface area contributed by atoms with Crippen molar-refractivity contribution in [1.29, 1.82) is 0 Å². The van der Waals surface area contributed by atoms with Crippen LogP contribution >= 0.6 is 11.3 Å². The Labute approximate surface area is 325 Å². The lowest BCUT2D eigenvalue weighted by atomic mass is 10.00. The molecule has 0 spiro atoms. The van der Waals surface area contributed by atoms with Crippen LogP contribution in [0.15, 0.2) is 188 Å². The van der Waals surface area contributed by atoms with Crippen LogP contribution < -0.4 is 0 Å². The molecule has 56 heavy (non-hydrogen) atoms. The van der Waals surface area contributed by atoms with Crippen molar-refractivity contribution in [3.63, 3.8) is 0 Å². The monoisotopic (exact) mass is 733 g/mol. The standard InChI is InChI=1S/C50H31N5S/c1-3-14-35(15-4-1)53-45-26-24-33(29-43(45)41-25-27-46-44(49(41)53)31-52-54(46)36-16-5-2-6-17-36)38-20-10-13-34-30-51-55(48(34)38)37-18-9-12-32(28-37)39-21-11-22-42-40-19-7-8-23-47(40)56-50(39)42/h1-31H. The lowest BCUT2D eigenvalue weighted by Crippen LogP contribution is -1.98. The summed E-state index contributed by atoms with van der Waals surface area (Å²) >= 11 is 1.86. The lowest BCUT2D eigenvalue weighted by molar-refractivity contribution is 0.911. The summed E-state index contributed by atoms with van der Waals surface area (Å²) in [6.07, 6.45) is 4.00. The highest BCUT2D eigenvalue weighted by atomic mass is 32.1. The summed E-state index contributed by atoms with van der Waals surface area (Å²) in [5.41, 5.74) is 12.3. The Morgan fingerprint density at radius 3 is 1.98 bits per heavy atom. The van der Waals surface area contributed by atoms with E-state index in [4.69, 9.17) is 10.2 Å². The van der Waals surface area contributed by atoms with Crippen LogP contribution in [-0.2, 0) is 0 Å². The van der Waals surface area contributed by atoms with Crippen molar-refractivity contribution in [2.24, 2.45) is 0 Å². The van der Waals surface area contributed by atoms with Crippen molar-refractivity contribution in [2.75, 3.05) is 0 Å². The Hall–Kier alpha value is -7.28. The predicted octanol–water partition coefficient (Wildman–Crippen LogP) is 13.2. The Kier molecular flexibility index (Phi) is 6.73. The topological polar surface area (TPSA) is 40.6 Å². The van der Waals surface area contributed by atoms with Gasteiger partial charge < -0.3 is 4.57 Å². The minimum absolute atomic E-state index is 1.03. The van der Waals surface area contributed by atoms with E-state index < -0.39 is 0 Å². The first kappa shape index (κ1) is 31.1. The van der Waals surface area contributed by atoms with Gasteiger partial charge in [-0.15, -0.1) is 11.3 Å². The number of para-hydroxylation sites is 3. The number of nitrogens with zero attached hydrogens (tertiary/aromatic N) is 5. The summed E-state index contributed by atoms with van der Waals surface area (Å²) < 4.78 is 9.15. The van der Waals surface area contributed by atoms with Crippen molar-refractivity contribution < 1.29 is 0 Å². The van der Waals surface area contributed by atoms with E-state index in [-0.39, 0.29) is 0 Å². The molecule has 6 heteroatoms. The van der Waals surface area contributed by atoms with Gasteiger partial charge in [0.05, 0.1) is 45.8 Å². The summed E-state index contributed by atoms with van der Waals surface area (Å²) in [6.45, 7) is 0. The first-order chi connectivity index (χ1) is 27.8. The molecule has 4 aromatic heterocycles. The fourth-order valence-corrected chi connectivity index (χ4v) is 9.93. The summed E-state index contributed by atoms with van der Waals surface area (Å²) in [7, 11) is 0. The molecule has 5 nitrogen and oxygen atoms in total. The van der Waals surface area contributed by atoms with Gasteiger partial charge in [0.2, 0.25) is 0 Å². The minimum Gasteiger partial charge on any atom is -0.309 e. The molecule has 4 heterocycles. The van der Waals surface area contributed by atoms with Crippen molar-refractivity contribution in [3.05, 3.63) is 188 Å². The molecule has 0 radical (unpaired) electrons. The number of fused-ring (bicyclic) bond motifs is 9. The molecule has 0 aliphatic rings. The maximum Gasteiger partial charge on any atom is 0.0819 e. The first-order valence-corrected chi connectivity index (χ1v) is 19.6. The SMILES string of the molecule is c1ccc(-n2ncc3c2ccc2c4cc(-c5cccc6cnn(-c7cccc(-c8cccc9c8sc8ccccc89)c7)c56)ccc4n(-c4ccccc4)c23)cc1. The van der Waals surface area contributed by atoms with Gasteiger partial charge in [-0.05, 0) is 83.4 Å². The van der Waals surface area contributed by atoms with Crippen LogP contribution in [0.25, 0.3) is 103 Å². The van der Waals surface area contributed by atoms with Crippen molar-refractivity contribution >= 4 is 75.1 Å². The van der Waals surface area contributed by atoms with Gasteiger partial charge in [0.15, 0.2) is 0 Å². The highest BCUT2D eigenvalue weighted by molar-refractivity contribution is 7.26. The van der Waals surface area contributed by atoms with Gasteiger partial charge in [-0.3, -0.25) is 0 Å². The van der Waals surface area contributed by atoms with Crippen LogP contribution in [0.1, 0.15) is 0 Å². The molecule has 0 saturated carbocycles. The fourth-order valence-electron chi connectivity index (χ4n) is 8.69. The average molecular weight is 734 g/mol. The van der Waals surface area contributed by atoms with E-state index in [1.165, 1.54) is 42.1 Å². The van der Waals surface area contributed by atoms with Crippen LogP contribution in [0.4, 0.5) is 0 Å². The molecular weight excluding hydrogens is 703 g/mol. The van der Waals surface area contributed by atoms with E-state index in [2.05, 4.69) is 179 Å². The van der Waals surface area contributed by atoms with Gasteiger partial charge >= 0.3 is 0 Å². The minimum atomic E-state index is 1.03. The second-order valence-electron chi connectivity index (χ2n) is 14.3. The van der Waals surface area contributed by atoms with E-state index in [0.29, 0.717) is 0 Å². The Morgan fingerprint density at radius 1 is 0.393 bits per heavy atom. The molecule has 0 amide bonds. The molecule has 0 aliphatic carbocycles. The van der Waals surface area contributed by atoms with E-state index >= 15 is 0 Å². The van der Waals surface area contributed by atoms with Crippen molar-refractivity contribution in [3.8, 4) is 39.3 Å². The molecule has 0 saturated heterocycles. The molecule has 262 valence electrons. The Balaban J connectivity index is 1.04. The van der Waals surface area contributed by atoms with Gasteiger partial charge in [0.25, 0.3) is 0 Å². The van der Waals surface area contributed by atoms with E-state index in [0.717, 1.165) is 61.0 Å². The highest BCUT2D eigenvalue weighted by Gasteiger charge is 2.20. The van der Waals surface area contributed by atoms with Gasteiger partial charge in [0, 0.05) is 53.0 Å². The molecule has 8 aromatic carbocycles. The molecule has 12 rings (SSSR count). The first-order valence-electron chi connectivity index (χ1n) is 18.8. The number of hydrogen-bond donors (Lipinski definition) is 0. The van der Waals surface area contributed by atoms with Crippen LogP contribution in [0.2, 0.25) is 0 Å². The highest BCUT2D eigenvalue weighted by Crippen LogP contribution is 2.42. The van der Waals surface area contributed by atoms with Gasteiger partial charge in [0.1, 0.15) is 0 Å². The van der Waals surface area contributed by atoms with Crippen LogP contribution in [0.3, 0.4) is 0 Å². The number of thiophene rings is 1. The third kappa shape index (κ3) is 4.60. The van der Waals surface area contributed by atoms with Gasteiger partial charge in [-0.1, -0.05) is 109 Å². The van der Waals surface area contributed by atoms with Gasteiger partial charge in [-0.2, -0.15) is 10.2 Å². The molecule has 0 atom stereocenters. The molecule has 0 N–H and O–H groups in total. The van der Waals surface area contributed by atoms with Crippen LogP contribution in [0.5, 0.6) is 0 Å². The van der Waals surface area contributed by atoms with Crippen LogP contribution in [-0.4, -0.2) is 24.1 Å². The molecule has 12 aromatic rings. The number of aromatic nitrogens is 5. The Morgan fingerprint density at radius 2 is 1.09 bits per heavy atom. The zero-order valence-electron chi connectivity index (χ0n) is 30.0. The summed E-state index contributed by atoms with van der Waals surface area (Å²) in [5, 5.41) is 17.1. The smallest absolute Gasteiger partial charge is 0.0819 e. The third-order valence-electron chi connectivity index (χ3n) is 11.2. The number of hydrogen-bond acceptors (Lipinski definition) is 3. The van der Waals surface area contributed by atoms with E-state index in [9.17, 15) is 0 Å². The third-order valence-corrected chi connectivity index (χ3v) is 12.4. The zero-order chi connectivity index (χ0) is 36.7. The summed E-state index contributed by atoms with van der Waals surface area (Å²) in [4.78, 5) is 0. The zero-order valence-corrected chi connectivity index (χ0v) is 30.9. The summed E-state index contributed by atoms with van der Waals surface area (Å²) in [5.74, 6) is 0. The predicted molar refractivity (Wildman–Crippen MR) is 234 cm³/mol. The Bertz CT molecular complexity index is 3480. The molecule has 0 fully saturated rings. The lowest BCUT2D eigenvalue weighted by Gasteiger charge is -2.12. The quantitative estimate of drug-likeness (QED) is 0.177. The molecular formula is C50H31N5S. The maximum absolute atomic E-state index is 5.01. The average Bonchev–Trinajstić information content (AvgIpc) is 4.06. The number of rotatable bonds is 5. The summed E-state index contributed by atoms with van der Waals surface area (Å²) in [6, 6.07) is 63.0. The van der Waals surface area contributed by atoms with E-state index in [1.807, 2.05) is 34.5 Å². The second kappa shape index (κ2) is 12.1. The van der Waals surface area contributed by atoms with Gasteiger partial charge in [-0.25, -0.2) is 9.36 Å². The molecule has 0 bridgehead atoms. The van der Waals surface area contributed by atoms with E-state index in [1.54, 1.807) is 0 Å². The normalized spacial score (nSPS) is 11.9. The fraction of sp³-hybridized carbons (Fsp3) is 0.